The van der Waals surface area contributed by atoms with Crippen molar-refractivity contribution >= 4 is 17.6 Å². The van der Waals surface area contributed by atoms with Gasteiger partial charge in [0.2, 0.25) is 5.91 Å². The van der Waals surface area contributed by atoms with Crippen LogP contribution in [0.3, 0.4) is 0 Å². The molecule has 0 aromatic heterocycles. The molecule has 1 fully saturated rings. The molecule has 3 aromatic carbocycles. The number of carbonyl (C=O) groups is 3. The molecule has 0 saturated carbocycles. The molecular weight excluding hydrogens is 602 g/mol. The van der Waals surface area contributed by atoms with E-state index in [1.54, 1.807) is 35.1 Å². The van der Waals surface area contributed by atoms with Crippen molar-refractivity contribution in [2.75, 3.05) is 26.7 Å². The topological polar surface area (TPSA) is 87.2 Å². The van der Waals surface area contributed by atoms with Crippen molar-refractivity contribution in [3.63, 3.8) is 0 Å². The lowest BCUT2D eigenvalue weighted by Crippen LogP contribution is -2.47. The van der Waals surface area contributed by atoms with Crippen molar-refractivity contribution in [2.24, 2.45) is 11.8 Å². The Balaban J connectivity index is 1.60. The zero-order valence-electron chi connectivity index (χ0n) is 27.8. The Morgan fingerprint density at radius 3 is 2.32 bits per heavy atom. The molecule has 2 unspecified atom stereocenters. The minimum atomic E-state index is -1.25. The number of hydrogen-bond acceptors (Lipinski definition) is 5. The number of aryl methyl sites for hydroxylation is 1. The first kappa shape index (κ1) is 35.7. The van der Waals surface area contributed by atoms with Gasteiger partial charge in [0.1, 0.15) is 17.4 Å². The van der Waals surface area contributed by atoms with Crippen molar-refractivity contribution in [2.45, 2.75) is 71.9 Å². The van der Waals surface area contributed by atoms with E-state index in [9.17, 15) is 28.3 Å². The summed E-state index contributed by atoms with van der Waals surface area (Å²) in [6, 6.07) is 15.6. The summed E-state index contributed by atoms with van der Waals surface area (Å²) >= 11 is 0. The first-order valence-corrected chi connectivity index (χ1v) is 16.5. The Kier molecular flexibility index (Phi) is 12.6. The van der Waals surface area contributed by atoms with Crippen LogP contribution >= 0.6 is 0 Å². The number of rotatable bonds is 15. The van der Waals surface area contributed by atoms with Crippen LogP contribution in [-0.4, -0.2) is 65.4 Å². The average molecular weight is 649 g/mol. The SMILES string of the molecule is CCCN(CCC)C(=O)c1cc(C)cc(C(=O)CC(Cc2cc(F)cc(F)c2)[C@H](O)C2CCCN(Cc3cccc(OC)c3)C2=O)c1. The zero-order chi connectivity index (χ0) is 34.1. The Bertz CT molecular complexity index is 1530. The van der Waals surface area contributed by atoms with Gasteiger partial charge in [0, 0.05) is 49.8 Å². The maximum atomic E-state index is 14.2. The highest BCUT2D eigenvalue weighted by Gasteiger charge is 2.38. The van der Waals surface area contributed by atoms with Crippen LogP contribution in [0.15, 0.2) is 60.7 Å². The van der Waals surface area contributed by atoms with Gasteiger partial charge in [-0.25, -0.2) is 8.78 Å². The summed E-state index contributed by atoms with van der Waals surface area (Å²) in [5.74, 6) is -3.16. The third kappa shape index (κ3) is 9.47. The first-order valence-electron chi connectivity index (χ1n) is 16.5. The van der Waals surface area contributed by atoms with Crippen LogP contribution < -0.4 is 4.74 Å². The number of piperidine rings is 1. The van der Waals surface area contributed by atoms with E-state index in [-0.39, 0.29) is 36.0 Å². The monoisotopic (exact) mass is 648 g/mol. The van der Waals surface area contributed by atoms with Crippen molar-refractivity contribution in [1.82, 2.24) is 9.80 Å². The number of ketones is 1. The van der Waals surface area contributed by atoms with E-state index < -0.39 is 29.6 Å². The number of benzene rings is 3. The summed E-state index contributed by atoms with van der Waals surface area (Å²) in [5.41, 5.74) is 2.64. The first-order chi connectivity index (χ1) is 22.5. The number of carbonyl (C=O) groups excluding carboxylic acids is 3. The van der Waals surface area contributed by atoms with Crippen LogP contribution in [-0.2, 0) is 17.8 Å². The highest BCUT2D eigenvalue weighted by molar-refractivity contribution is 6.01. The smallest absolute Gasteiger partial charge is 0.253 e. The van der Waals surface area contributed by atoms with Crippen LogP contribution in [0.4, 0.5) is 8.78 Å². The van der Waals surface area contributed by atoms with E-state index in [0.29, 0.717) is 55.9 Å². The summed E-state index contributed by atoms with van der Waals surface area (Å²) in [4.78, 5) is 44.5. The molecule has 2 amide bonds. The second-order valence-corrected chi connectivity index (χ2v) is 12.6. The Labute approximate surface area is 276 Å². The van der Waals surface area contributed by atoms with Crippen molar-refractivity contribution in [3.8, 4) is 5.75 Å². The lowest BCUT2D eigenvalue weighted by atomic mass is 9.79. The number of ether oxygens (including phenoxy) is 1. The van der Waals surface area contributed by atoms with Gasteiger partial charge in [0.05, 0.1) is 19.1 Å². The fourth-order valence-corrected chi connectivity index (χ4v) is 6.57. The van der Waals surface area contributed by atoms with E-state index in [0.717, 1.165) is 30.0 Å². The molecule has 7 nitrogen and oxygen atoms in total. The van der Waals surface area contributed by atoms with Gasteiger partial charge in [-0.15, -0.1) is 0 Å². The molecule has 4 rings (SSSR count). The molecule has 1 saturated heterocycles. The second-order valence-electron chi connectivity index (χ2n) is 12.6. The van der Waals surface area contributed by atoms with Gasteiger partial charge >= 0.3 is 0 Å². The maximum Gasteiger partial charge on any atom is 0.253 e. The summed E-state index contributed by atoms with van der Waals surface area (Å²) in [6.07, 6.45) is 1.25. The number of likely N-dealkylation sites (tertiary alicyclic amines) is 1. The molecule has 3 aromatic rings. The fraction of sp³-hybridized carbons (Fsp3) is 0.447. The highest BCUT2D eigenvalue weighted by Crippen LogP contribution is 2.31. The lowest BCUT2D eigenvalue weighted by Gasteiger charge is -2.37. The molecule has 0 aliphatic carbocycles. The van der Waals surface area contributed by atoms with E-state index in [1.807, 2.05) is 45.0 Å². The third-order valence-electron chi connectivity index (χ3n) is 8.76. The Morgan fingerprint density at radius 1 is 0.979 bits per heavy atom. The van der Waals surface area contributed by atoms with E-state index in [1.165, 1.54) is 12.1 Å². The van der Waals surface area contributed by atoms with Crippen LogP contribution in [0.5, 0.6) is 5.75 Å². The predicted octanol–water partition coefficient (Wildman–Crippen LogP) is 6.78. The lowest BCUT2D eigenvalue weighted by molar-refractivity contribution is -0.145. The highest BCUT2D eigenvalue weighted by atomic mass is 19.1. The predicted molar refractivity (Wildman–Crippen MR) is 177 cm³/mol. The quantitative estimate of drug-likeness (QED) is 0.184. The number of amides is 2. The van der Waals surface area contributed by atoms with Crippen molar-refractivity contribution in [1.29, 1.82) is 0 Å². The number of halogens is 2. The van der Waals surface area contributed by atoms with Gasteiger partial charge in [0.25, 0.3) is 5.91 Å². The third-order valence-corrected chi connectivity index (χ3v) is 8.76. The van der Waals surface area contributed by atoms with Gasteiger partial charge in [-0.1, -0.05) is 26.0 Å². The van der Waals surface area contributed by atoms with Gasteiger partial charge in [-0.05, 0) is 104 Å². The molecule has 0 spiro atoms. The summed E-state index contributed by atoms with van der Waals surface area (Å²) < 4.78 is 33.7. The van der Waals surface area contributed by atoms with Crippen LogP contribution in [0, 0.1) is 30.4 Å². The van der Waals surface area contributed by atoms with Gasteiger partial charge < -0.3 is 19.6 Å². The maximum absolute atomic E-state index is 14.2. The summed E-state index contributed by atoms with van der Waals surface area (Å²) in [5, 5.41) is 11.8. The molecular formula is C38H46F2N2O5. The molecule has 9 heteroatoms. The number of aliphatic hydroxyl groups is 1. The molecule has 1 aliphatic heterocycles. The summed E-state index contributed by atoms with van der Waals surface area (Å²) in [6.45, 7) is 7.89. The molecule has 3 atom stereocenters. The number of hydrogen-bond donors (Lipinski definition) is 1. The van der Waals surface area contributed by atoms with Crippen molar-refractivity contribution < 1.29 is 33.0 Å². The number of aliphatic hydroxyl groups excluding tert-OH is 1. The average Bonchev–Trinajstić information content (AvgIpc) is 3.04. The van der Waals surface area contributed by atoms with Gasteiger partial charge in [-0.3, -0.25) is 14.4 Å². The molecule has 1 heterocycles. The van der Waals surface area contributed by atoms with E-state index in [4.69, 9.17) is 4.74 Å². The number of Topliss-reactive ketones (excluding diaryl/α,β-unsaturated/α-hetero) is 1. The van der Waals surface area contributed by atoms with Crippen LogP contribution in [0.1, 0.15) is 83.4 Å². The fourth-order valence-electron chi connectivity index (χ4n) is 6.57. The Morgan fingerprint density at radius 2 is 1.66 bits per heavy atom. The summed E-state index contributed by atoms with van der Waals surface area (Å²) in [7, 11) is 1.58. The van der Waals surface area contributed by atoms with Crippen LogP contribution in [0.2, 0.25) is 0 Å². The Hall–Kier alpha value is -4.11. The molecule has 0 bridgehead atoms. The van der Waals surface area contributed by atoms with Gasteiger partial charge in [-0.2, -0.15) is 0 Å². The van der Waals surface area contributed by atoms with E-state index >= 15 is 0 Å². The standard InChI is InChI=1S/C38H46F2N2O5/c1-5-12-41(13-6-2)37(45)30-16-25(3)15-28(21-30)35(43)22-29(17-27-18-31(39)23-32(40)19-27)36(44)34-11-8-14-42(38(34)46)24-26-9-7-10-33(20-26)47-4/h7,9-10,15-16,18-21,23,29,34,36,44H,5-6,8,11-14,17,22,24H2,1-4H3/t29?,34?,36-/m0/s1. The zero-order valence-corrected chi connectivity index (χ0v) is 27.8. The molecule has 47 heavy (non-hydrogen) atoms. The molecule has 1 N–H and O–H groups in total. The molecule has 0 radical (unpaired) electrons. The minimum absolute atomic E-state index is 0.0143. The van der Waals surface area contributed by atoms with Crippen molar-refractivity contribution in [3.05, 3.63) is 100 Å². The van der Waals surface area contributed by atoms with Gasteiger partial charge in [0.15, 0.2) is 5.78 Å². The minimum Gasteiger partial charge on any atom is -0.497 e. The normalized spacial score (nSPS) is 16.1. The second kappa shape index (κ2) is 16.6. The number of nitrogens with zero attached hydrogens (tertiary/aromatic N) is 2. The molecule has 252 valence electrons. The van der Waals surface area contributed by atoms with E-state index in [2.05, 4.69) is 0 Å². The molecule has 1 aliphatic rings. The number of methoxy groups -OCH3 is 1. The largest absolute Gasteiger partial charge is 0.497 e. The van der Waals surface area contributed by atoms with Crippen LogP contribution in [0.25, 0.3) is 0 Å².